The number of hydrogen-bond acceptors (Lipinski definition) is 2. The first-order valence-electron chi connectivity index (χ1n) is 3.94. The topological polar surface area (TPSA) is 23.5 Å². The van der Waals surface area contributed by atoms with Gasteiger partial charge in [-0.1, -0.05) is 6.92 Å². The summed E-state index contributed by atoms with van der Waals surface area (Å²) in [5, 5.41) is 8.82. The van der Waals surface area contributed by atoms with Gasteiger partial charge in [-0.25, -0.2) is 0 Å². The fraction of sp³-hybridized carbons (Fsp3) is 1.00. The molecule has 1 saturated heterocycles. The maximum Gasteiger partial charge on any atom is 0.404 e. The van der Waals surface area contributed by atoms with Gasteiger partial charge in [-0.05, 0) is 6.42 Å². The van der Waals surface area contributed by atoms with Gasteiger partial charge in [0.15, 0.2) is 0 Å². The molecule has 1 aliphatic heterocycles. The second-order valence-corrected chi connectivity index (χ2v) is 3.07. The molecule has 0 aromatic heterocycles. The minimum atomic E-state index is -4.16. The van der Waals surface area contributed by atoms with Crippen LogP contribution in [0.25, 0.3) is 0 Å². The van der Waals surface area contributed by atoms with Gasteiger partial charge in [0.2, 0.25) is 0 Å². The Labute approximate surface area is 69.0 Å². The molecule has 0 aromatic rings. The van der Waals surface area contributed by atoms with Gasteiger partial charge in [-0.15, -0.1) is 0 Å². The Morgan fingerprint density at radius 3 is 2.25 bits per heavy atom. The van der Waals surface area contributed by atoms with Crippen molar-refractivity contribution in [1.82, 2.24) is 4.90 Å². The maximum atomic E-state index is 12.2. The second kappa shape index (κ2) is 3.22. The molecule has 0 aromatic carbocycles. The van der Waals surface area contributed by atoms with Crippen LogP contribution in [0.5, 0.6) is 0 Å². The van der Waals surface area contributed by atoms with Crippen molar-refractivity contribution in [2.75, 3.05) is 13.1 Å². The molecule has 1 heterocycles. The molecule has 0 amide bonds. The molecule has 0 bridgehead atoms. The fourth-order valence-corrected chi connectivity index (χ4v) is 1.44. The first-order chi connectivity index (χ1) is 5.45. The summed E-state index contributed by atoms with van der Waals surface area (Å²) in [5.74, 6) is 0. The Kier molecular flexibility index (Phi) is 2.63. The molecule has 1 unspecified atom stereocenters. The van der Waals surface area contributed by atoms with Crippen LogP contribution in [0.4, 0.5) is 13.2 Å². The average Bonchev–Trinajstić information content (AvgIpc) is 1.82. The van der Waals surface area contributed by atoms with Crippen molar-refractivity contribution in [1.29, 1.82) is 0 Å². The predicted octanol–water partition coefficient (Wildman–Crippen LogP) is 1.00. The second-order valence-electron chi connectivity index (χ2n) is 3.07. The molecule has 0 radical (unpaired) electrons. The molecule has 0 aliphatic carbocycles. The van der Waals surface area contributed by atoms with Crippen molar-refractivity contribution >= 4 is 0 Å². The first kappa shape index (κ1) is 9.80. The average molecular weight is 183 g/mol. The third kappa shape index (κ3) is 1.90. The molecule has 72 valence electrons. The Morgan fingerprint density at radius 1 is 1.50 bits per heavy atom. The summed E-state index contributed by atoms with van der Waals surface area (Å²) in [5.41, 5.74) is 0. The monoisotopic (exact) mass is 183 g/mol. The molecule has 1 rings (SSSR count). The Balaban J connectivity index is 2.47. The van der Waals surface area contributed by atoms with Crippen molar-refractivity contribution in [3.05, 3.63) is 0 Å². The predicted molar refractivity (Wildman–Crippen MR) is 37.7 cm³/mol. The summed E-state index contributed by atoms with van der Waals surface area (Å²) in [6.45, 7) is 1.80. The van der Waals surface area contributed by atoms with Crippen molar-refractivity contribution in [2.24, 2.45) is 0 Å². The highest BCUT2D eigenvalue weighted by atomic mass is 19.4. The number of aliphatic hydroxyl groups is 1. The molecule has 1 atom stereocenters. The third-order valence-corrected chi connectivity index (χ3v) is 2.10. The highest BCUT2D eigenvalue weighted by molar-refractivity contribution is 4.87. The van der Waals surface area contributed by atoms with Gasteiger partial charge < -0.3 is 5.11 Å². The van der Waals surface area contributed by atoms with Crippen molar-refractivity contribution in [3.8, 4) is 0 Å². The van der Waals surface area contributed by atoms with Crippen LogP contribution in [0.2, 0.25) is 0 Å². The third-order valence-electron chi connectivity index (χ3n) is 2.10. The van der Waals surface area contributed by atoms with Crippen molar-refractivity contribution in [2.45, 2.75) is 31.7 Å². The van der Waals surface area contributed by atoms with Crippen LogP contribution in [0.15, 0.2) is 0 Å². The number of hydrogen-bond donors (Lipinski definition) is 1. The lowest BCUT2D eigenvalue weighted by Crippen LogP contribution is -2.59. The first-order valence-corrected chi connectivity index (χ1v) is 3.94. The van der Waals surface area contributed by atoms with E-state index in [4.69, 9.17) is 5.11 Å². The van der Waals surface area contributed by atoms with Gasteiger partial charge in [0.05, 0.1) is 6.10 Å². The zero-order valence-corrected chi connectivity index (χ0v) is 6.80. The van der Waals surface area contributed by atoms with E-state index in [1.807, 2.05) is 0 Å². The summed E-state index contributed by atoms with van der Waals surface area (Å²) >= 11 is 0. The van der Waals surface area contributed by atoms with Gasteiger partial charge in [0, 0.05) is 13.1 Å². The van der Waals surface area contributed by atoms with E-state index in [2.05, 4.69) is 0 Å². The van der Waals surface area contributed by atoms with Gasteiger partial charge in [0.25, 0.3) is 0 Å². The Morgan fingerprint density at radius 2 is 2.00 bits per heavy atom. The van der Waals surface area contributed by atoms with Crippen LogP contribution in [-0.2, 0) is 0 Å². The van der Waals surface area contributed by atoms with Crippen LogP contribution in [0, 0.1) is 0 Å². The Hall–Kier alpha value is -0.290. The number of aliphatic hydroxyl groups excluding tert-OH is 1. The smallest absolute Gasteiger partial charge is 0.390 e. The minimum absolute atomic E-state index is 0.0518. The van der Waals surface area contributed by atoms with Gasteiger partial charge in [-0.2, -0.15) is 13.2 Å². The van der Waals surface area contributed by atoms with E-state index in [0.29, 0.717) is 0 Å². The molecule has 0 spiro atoms. The van der Waals surface area contributed by atoms with Crippen LogP contribution < -0.4 is 0 Å². The van der Waals surface area contributed by atoms with Gasteiger partial charge >= 0.3 is 6.18 Å². The fourth-order valence-electron chi connectivity index (χ4n) is 1.44. The lowest BCUT2D eigenvalue weighted by Gasteiger charge is -2.42. The summed E-state index contributed by atoms with van der Waals surface area (Å²) < 4.78 is 36.6. The lowest BCUT2D eigenvalue weighted by molar-refractivity contribution is -0.205. The number of alkyl halides is 3. The number of nitrogens with zero attached hydrogens (tertiary/aromatic N) is 1. The van der Waals surface area contributed by atoms with Crippen molar-refractivity contribution in [3.63, 3.8) is 0 Å². The van der Waals surface area contributed by atoms with Crippen molar-refractivity contribution < 1.29 is 18.3 Å². The minimum Gasteiger partial charge on any atom is -0.390 e. The Bertz CT molecular complexity index is 153. The van der Waals surface area contributed by atoms with Gasteiger partial charge in [-0.3, -0.25) is 4.90 Å². The zero-order valence-electron chi connectivity index (χ0n) is 6.80. The summed E-state index contributed by atoms with van der Waals surface area (Å²) in [4.78, 5) is 1.25. The van der Waals surface area contributed by atoms with Crippen LogP contribution in [-0.4, -0.2) is 41.4 Å². The molecule has 2 nitrogen and oxygen atoms in total. The standard InChI is InChI=1S/C7H12F3NO/c1-2-6(7(8,9)10)11-3-5(12)4-11/h5-6,12H,2-4H2,1H3. The SMILES string of the molecule is CCC(N1CC(O)C1)C(F)(F)F. The quantitative estimate of drug-likeness (QED) is 0.690. The van der Waals surface area contributed by atoms with E-state index in [-0.39, 0.29) is 19.5 Å². The van der Waals surface area contributed by atoms with Crippen LogP contribution in [0.3, 0.4) is 0 Å². The molecular weight excluding hydrogens is 171 g/mol. The van der Waals surface area contributed by atoms with Crippen LogP contribution in [0.1, 0.15) is 13.3 Å². The normalized spacial score (nSPS) is 23.8. The molecule has 1 fully saturated rings. The van der Waals surface area contributed by atoms with Crippen LogP contribution >= 0.6 is 0 Å². The molecule has 5 heteroatoms. The maximum absolute atomic E-state index is 12.2. The molecule has 1 N–H and O–H groups in total. The lowest BCUT2D eigenvalue weighted by atomic mass is 10.1. The van der Waals surface area contributed by atoms with E-state index < -0.39 is 18.3 Å². The number of likely N-dealkylation sites (tertiary alicyclic amines) is 1. The number of halogens is 3. The molecule has 1 aliphatic rings. The highest BCUT2D eigenvalue weighted by Crippen LogP contribution is 2.29. The summed E-state index contributed by atoms with van der Waals surface area (Å²) in [6.07, 6.45) is -4.67. The van der Waals surface area contributed by atoms with E-state index >= 15 is 0 Å². The zero-order chi connectivity index (χ0) is 9.35. The number of rotatable bonds is 2. The molecular formula is C7H12F3NO. The van der Waals surface area contributed by atoms with E-state index in [1.165, 1.54) is 11.8 Å². The van der Waals surface area contributed by atoms with Gasteiger partial charge in [0.1, 0.15) is 6.04 Å². The highest BCUT2D eigenvalue weighted by Gasteiger charge is 2.45. The largest absolute Gasteiger partial charge is 0.404 e. The molecule has 0 saturated carbocycles. The number of β-amino-alcohol motifs (C(OH)–C–C–N with tert-alkyl or cyclic N) is 1. The summed E-state index contributed by atoms with van der Waals surface area (Å²) in [6, 6.07) is -1.37. The molecule has 12 heavy (non-hydrogen) atoms. The van der Waals surface area contributed by atoms with E-state index in [0.717, 1.165) is 0 Å². The van der Waals surface area contributed by atoms with E-state index in [1.54, 1.807) is 0 Å². The van der Waals surface area contributed by atoms with E-state index in [9.17, 15) is 13.2 Å². The summed E-state index contributed by atoms with van der Waals surface area (Å²) in [7, 11) is 0.